The number of oxime groups is 1. The van der Waals surface area contributed by atoms with Gasteiger partial charge in [0.25, 0.3) is 0 Å². The van der Waals surface area contributed by atoms with Crippen LogP contribution < -0.4 is 9.64 Å². The summed E-state index contributed by atoms with van der Waals surface area (Å²) in [6, 6.07) is 9.87. The third kappa shape index (κ3) is 6.05. The van der Waals surface area contributed by atoms with Crippen molar-refractivity contribution >= 4 is 12.0 Å². The Morgan fingerprint density at radius 2 is 1.76 bits per heavy atom. The first-order valence-electron chi connectivity index (χ1n) is 9.13. The Bertz CT molecular complexity index is 789. The molecule has 0 saturated carbocycles. The van der Waals surface area contributed by atoms with Gasteiger partial charge in [0.2, 0.25) is 0 Å². The molecule has 0 atom stereocenters. The van der Waals surface area contributed by atoms with E-state index in [1.807, 2.05) is 29.2 Å². The molecule has 1 aromatic carbocycles. The van der Waals surface area contributed by atoms with Crippen LogP contribution in [0.3, 0.4) is 0 Å². The summed E-state index contributed by atoms with van der Waals surface area (Å²) in [6.07, 6.45) is -2.85. The maximum absolute atomic E-state index is 12.6. The summed E-state index contributed by atoms with van der Waals surface area (Å²) in [6.45, 7) is 4.21. The van der Waals surface area contributed by atoms with Gasteiger partial charge in [-0.2, -0.15) is 13.2 Å². The van der Waals surface area contributed by atoms with Crippen LogP contribution >= 0.6 is 0 Å². The van der Waals surface area contributed by atoms with Crippen LogP contribution in [-0.2, 0) is 11.0 Å². The van der Waals surface area contributed by atoms with Crippen LogP contribution in [0, 0.1) is 0 Å². The third-order valence-electron chi connectivity index (χ3n) is 4.50. The van der Waals surface area contributed by atoms with E-state index in [1.165, 1.54) is 13.2 Å². The first kappa shape index (κ1) is 20.8. The van der Waals surface area contributed by atoms with Crippen molar-refractivity contribution in [3.05, 3.63) is 47.7 Å². The highest BCUT2D eigenvalue weighted by Gasteiger charge is 2.33. The summed E-state index contributed by atoms with van der Waals surface area (Å²) in [5.74, 6) is 1.24. The molecule has 0 spiro atoms. The molecule has 1 aromatic heterocycles. The SMILES string of the molecule is CON=Cc1ccc(OCCN2CCN(c3ccc(C(F)(F)F)nn3)CC2)cc1. The Hall–Kier alpha value is -2.88. The van der Waals surface area contributed by atoms with Crippen LogP contribution in [0.5, 0.6) is 5.75 Å². The van der Waals surface area contributed by atoms with E-state index in [1.54, 1.807) is 6.21 Å². The smallest absolute Gasteiger partial charge is 0.435 e. The Balaban J connectivity index is 1.40. The van der Waals surface area contributed by atoms with Crippen molar-refractivity contribution in [1.82, 2.24) is 15.1 Å². The molecule has 0 aliphatic carbocycles. The highest BCUT2D eigenvalue weighted by Crippen LogP contribution is 2.27. The monoisotopic (exact) mass is 409 g/mol. The van der Waals surface area contributed by atoms with Crippen molar-refractivity contribution in [3.63, 3.8) is 0 Å². The van der Waals surface area contributed by atoms with E-state index < -0.39 is 11.9 Å². The van der Waals surface area contributed by atoms with Crippen molar-refractivity contribution in [3.8, 4) is 5.75 Å². The number of aromatic nitrogens is 2. The molecule has 0 bridgehead atoms. The molecule has 2 heterocycles. The van der Waals surface area contributed by atoms with E-state index in [-0.39, 0.29) is 0 Å². The molecule has 7 nitrogen and oxygen atoms in total. The maximum atomic E-state index is 12.6. The lowest BCUT2D eigenvalue weighted by molar-refractivity contribution is -0.141. The molecule has 1 aliphatic rings. The molecule has 0 N–H and O–H groups in total. The van der Waals surface area contributed by atoms with E-state index in [2.05, 4.69) is 25.1 Å². The Kier molecular flexibility index (Phi) is 6.86. The van der Waals surface area contributed by atoms with Gasteiger partial charge in [0.1, 0.15) is 19.5 Å². The summed E-state index contributed by atoms with van der Waals surface area (Å²) < 4.78 is 43.5. The van der Waals surface area contributed by atoms with E-state index in [9.17, 15) is 13.2 Å². The van der Waals surface area contributed by atoms with Crippen LogP contribution in [0.4, 0.5) is 19.0 Å². The van der Waals surface area contributed by atoms with Gasteiger partial charge in [0, 0.05) is 32.7 Å². The topological polar surface area (TPSA) is 63.1 Å². The number of nitrogens with zero attached hydrogens (tertiary/aromatic N) is 5. The van der Waals surface area contributed by atoms with E-state index in [0.717, 1.165) is 37.0 Å². The van der Waals surface area contributed by atoms with Crippen molar-refractivity contribution < 1.29 is 22.7 Å². The minimum atomic E-state index is -4.47. The van der Waals surface area contributed by atoms with Crippen LogP contribution in [0.25, 0.3) is 0 Å². The molecule has 10 heteroatoms. The average Bonchev–Trinajstić information content (AvgIpc) is 2.73. The molecule has 1 fully saturated rings. The summed E-state index contributed by atoms with van der Waals surface area (Å²) >= 11 is 0. The van der Waals surface area contributed by atoms with Gasteiger partial charge in [-0.3, -0.25) is 4.90 Å². The number of hydrogen-bond acceptors (Lipinski definition) is 7. The predicted molar refractivity (Wildman–Crippen MR) is 102 cm³/mol. The van der Waals surface area contributed by atoms with Crippen molar-refractivity contribution in [1.29, 1.82) is 0 Å². The van der Waals surface area contributed by atoms with Crippen LogP contribution in [-0.4, -0.2) is 67.8 Å². The lowest BCUT2D eigenvalue weighted by Crippen LogP contribution is -2.47. The molecule has 0 radical (unpaired) electrons. The standard InChI is InChI=1S/C19H22F3N5O2/c1-28-23-14-15-2-4-16(5-3-15)29-13-12-26-8-10-27(11-9-26)18-7-6-17(24-25-18)19(20,21)22/h2-7,14H,8-13H2,1H3. The van der Waals surface area contributed by atoms with Gasteiger partial charge in [-0.05, 0) is 42.0 Å². The quantitative estimate of drug-likeness (QED) is 0.518. The third-order valence-corrected chi connectivity index (χ3v) is 4.50. The summed E-state index contributed by atoms with van der Waals surface area (Å²) in [4.78, 5) is 8.82. The molecule has 3 rings (SSSR count). The Morgan fingerprint density at radius 1 is 1.03 bits per heavy atom. The van der Waals surface area contributed by atoms with Crippen molar-refractivity contribution in [2.45, 2.75) is 6.18 Å². The number of anilines is 1. The number of ether oxygens (including phenoxy) is 1. The highest BCUT2D eigenvalue weighted by molar-refractivity contribution is 5.79. The normalized spacial score (nSPS) is 15.7. The van der Waals surface area contributed by atoms with Crippen LogP contribution in [0.15, 0.2) is 41.6 Å². The van der Waals surface area contributed by atoms with Gasteiger partial charge < -0.3 is 14.5 Å². The van der Waals surface area contributed by atoms with Gasteiger partial charge >= 0.3 is 6.18 Å². The zero-order chi connectivity index (χ0) is 20.7. The van der Waals surface area contributed by atoms with Crippen molar-refractivity contribution in [2.24, 2.45) is 5.16 Å². The second-order valence-corrected chi connectivity index (χ2v) is 6.44. The molecule has 0 amide bonds. The van der Waals surface area contributed by atoms with Gasteiger partial charge in [0.05, 0.1) is 6.21 Å². The average molecular weight is 409 g/mol. The zero-order valence-electron chi connectivity index (χ0n) is 16.0. The van der Waals surface area contributed by atoms with Gasteiger partial charge in [-0.1, -0.05) is 5.16 Å². The number of rotatable bonds is 7. The fourth-order valence-electron chi connectivity index (χ4n) is 2.90. The summed E-state index contributed by atoms with van der Waals surface area (Å²) in [5.41, 5.74) is -0.0577. The van der Waals surface area contributed by atoms with Crippen molar-refractivity contribution in [2.75, 3.05) is 51.3 Å². The first-order chi connectivity index (χ1) is 14.0. The molecule has 1 aliphatic heterocycles. The molecule has 29 heavy (non-hydrogen) atoms. The number of hydrogen-bond donors (Lipinski definition) is 0. The van der Waals surface area contributed by atoms with E-state index in [0.29, 0.717) is 25.5 Å². The second kappa shape index (κ2) is 9.55. The number of halogens is 3. The fraction of sp³-hybridized carbons (Fsp3) is 0.421. The Labute approximate surface area is 166 Å². The molecule has 1 saturated heterocycles. The predicted octanol–water partition coefficient (Wildman–Crippen LogP) is 2.68. The van der Waals surface area contributed by atoms with Crippen LogP contribution in [0.2, 0.25) is 0 Å². The Morgan fingerprint density at radius 3 is 2.34 bits per heavy atom. The van der Waals surface area contributed by atoms with Gasteiger partial charge in [-0.15, -0.1) is 10.2 Å². The number of alkyl halides is 3. The zero-order valence-corrected chi connectivity index (χ0v) is 16.0. The van der Waals surface area contributed by atoms with Crippen LogP contribution in [0.1, 0.15) is 11.3 Å². The molecule has 0 unspecified atom stereocenters. The lowest BCUT2D eigenvalue weighted by Gasteiger charge is -2.35. The van der Waals surface area contributed by atoms with E-state index >= 15 is 0 Å². The first-order valence-corrected chi connectivity index (χ1v) is 9.13. The van der Waals surface area contributed by atoms with Gasteiger partial charge in [-0.25, -0.2) is 0 Å². The van der Waals surface area contributed by atoms with E-state index in [4.69, 9.17) is 4.74 Å². The minimum absolute atomic E-state index is 0.464. The fourth-order valence-corrected chi connectivity index (χ4v) is 2.90. The summed E-state index contributed by atoms with van der Waals surface area (Å²) in [7, 11) is 1.49. The molecular formula is C19H22F3N5O2. The van der Waals surface area contributed by atoms with Gasteiger partial charge in [0.15, 0.2) is 11.5 Å². The second-order valence-electron chi connectivity index (χ2n) is 6.44. The molecule has 156 valence electrons. The molecule has 2 aromatic rings. The maximum Gasteiger partial charge on any atom is 0.435 e. The minimum Gasteiger partial charge on any atom is -0.492 e. The molecular weight excluding hydrogens is 387 g/mol. The number of piperazine rings is 1. The lowest BCUT2D eigenvalue weighted by atomic mass is 10.2. The highest BCUT2D eigenvalue weighted by atomic mass is 19.4. The summed E-state index contributed by atoms with van der Waals surface area (Å²) in [5, 5.41) is 10.7. The largest absolute Gasteiger partial charge is 0.492 e. The number of benzene rings is 1.